The first-order valence-corrected chi connectivity index (χ1v) is 3.60. The Morgan fingerprint density at radius 2 is 2.38 bits per heavy atom. The quantitative estimate of drug-likeness (QED) is 0.611. The second kappa shape index (κ2) is 2.72. The molecule has 2 rings (SSSR count). The molecular formula is C9H4N2O2. The number of aromatic nitrogens is 1. The number of rotatable bonds is 1. The molecule has 4 heteroatoms. The number of fused-ring (bicyclic) bond motifs is 1. The third-order valence-corrected chi connectivity index (χ3v) is 1.65. The first kappa shape index (κ1) is 7.50. The number of para-hydroxylation sites is 1. The van der Waals surface area contributed by atoms with Crippen LogP contribution in [0.1, 0.15) is 16.2 Å². The first-order chi connectivity index (χ1) is 6.35. The van der Waals surface area contributed by atoms with Crippen molar-refractivity contribution in [2.45, 2.75) is 0 Å². The molecule has 0 fully saturated rings. The van der Waals surface area contributed by atoms with Gasteiger partial charge in [0.25, 0.3) is 5.89 Å². The van der Waals surface area contributed by atoms with Gasteiger partial charge in [-0.25, -0.2) is 4.98 Å². The van der Waals surface area contributed by atoms with E-state index < -0.39 is 0 Å². The molecule has 0 N–H and O–H groups in total. The summed E-state index contributed by atoms with van der Waals surface area (Å²) in [4.78, 5) is 14.2. The molecule has 2 aromatic rings. The highest BCUT2D eigenvalue weighted by molar-refractivity contribution is 5.82. The summed E-state index contributed by atoms with van der Waals surface area (Å²) in [5, 5.41) is 8.69. The fourth-order valence-corrected chi connectivity index (χ4v) is 1.10. The molecule has 0 amide bonds. The van der Waals surface area contributed by atoms with Gasteiger partial charge in [0.15, 0.2) is 5.58 Å². The van der Waals surface area contributed by atoms with Gasteiger partial charge in [-0.1, -0.05) is 6.07 Å². The summed E-state index contributed by atoms with van der Waals surface area (Å²) >= 11 is 0. The number of hydrogen-bond acceptors (Lipinski definition) is 4. The summed E-state index contributed by atoms with van der Waals surface area (Å²) in [6, 6.07) is 6.95. The van der Waals surface area contributed by atoms with Crippen molar-refractivity contribution in [2.24, 2.45) is 0 Å². The number of carbonyl (C=O) groups excluding carboxylic acids is 1. The van der Waals surface area contributed by atoms with Crippen LogP contribution in [0.15, 0.2) is 22.6 Å². The maximum atomic E-state index is 10.3. The molecule has 1 heterocycles. The second-order valence-electron chi connectivity index (χ2n) is 2.44. The molecule has 4 nitrogen and oxygen atoms in total. The molecule has 0 aliphatic heterocycles. The van der Waals surface area contributed by atoms with Crippen LogP contribution in [-0.4, -0.2) is 11.3 Å². The number of nitriles is 1. The Bertz CT molecular complexity index is 508. The number of hydrogen-bond donors (Lipinski definition) is 0. The van der Waals surface area contributed by atoms with Crippen LogP contribution in [0.25, 0.3) is 11.1 Å². The lowest BCUT2D eigenvalue weighted by Gasteiger charge is -1.86. The number of nitrogens with zero attached hydrogens (tertiary/aromatic N) is 2. The molecule has 13 heavy (non-hydrogen) atoms. The Hall–Kier alpha value is -2.15. The lowest BCUT2D eigenvalue weighted by molar-refractivity contribution is 0.109. The van der Waals surface area contributed by atoms with E-state index >= 15 is 0 Å². The maximum Gasteiger partial charge on any atom is 0.260 e. The second-order valence-corrected chi connectivity index (χ2v) is 2.44. The van der Waals surface area contributed by atoms with Gasteiger partial charge in [0.2, 0.25) is 6.29 Å². The zero-order chi connectivity index (χ0) is 9.26. The van der Waals surface area contributed by atoms with E-state index in [2.05, 4.69) is 4.98 Å². The molecule has 0 saturated heterocycles. The van der Waals surface area contributed by atoms with Gasteiger partial charge in [-0.2, -0.15) is 5.26 Å². The van der Waals surface area contributed by atoms with Crippen molar-refractivity contribution in [1.29, 1.82) is 5.26 Å². The van der Waals surface area contributed by atoms with Gasteiger partial charge in [-0.3, -0.25) is 4.79 Å². The lowest BCUT2D eigenvalue weighted by Crippen LogP contribution is -1.74. The lowest BCUT2D eigenvalue weighted by atomic mass is 10.2. The zero-order valence-corrected chi connectivity index (χ0v) is 6.52. The molecule has 0 aliphatic carbocycles. The summed E-state index contributed by atoms with van der Waals surface area (Å²) < 4.78 is 5.04. The average Bonchev–Trinajstić information content (AvgIpc) is 2.59. The standard InChI is InChI=1S/C9H4N2O2/c10-4-6-2-1-3-7-9(6)13-8(5-12)11-7/h1-3,5H. The normalized spacial score (nSPS) is 9.77. The van der Waals surface area contributed by atoms with Crippen molar-refractivity contribution in [1.82, 2.24) is 4.98 Å². The van der Waals surface area contributed by atoms with Gasteiger partial charge < -0.3 is 4.42 Å². The Morgan fingerprint density at radius 1 is 1.54 bits per heavy atom. The summed E-state index contributed by atoms with van der Waals surface area (Å²) in [5.74, 6) is -0.00213. The van der Waals surface area contributed by atoms with Gasteiger partial charge in [-0.15, -0.1) is 0 Å². The minimum Gasteiger partial charge on any atom is -0.432 e. The van der Waals surface area contributed by atoms with E-state index in [0.29, 0.717) is 22.9 Å². The Kier molecular flexibility index (Phi) is 1.57. The van der Waals surface area contributed by atoms with Gasteiger partial charge in [0.1, 0.15) is 11.6 Å². The highest BCUT2D eigenvalue weighted by Crippen LogP contribution is 2.18. The Balaban J connectivity index is 2.83. The molecule has 0 radical (unpaired) electrons. The van der Waals surface area contributed by atoms with Crippen molar-refractivity contribution in [3.8, 4) is 6.07 Å². The van der Waals surface area contributed by atoms with E-state index in [1.165, 1.54) is 0 Å². The first-order valence-electron chi connectivity index (χ1n) is 3.60. The number of benzene rings is 1. The smallest absolute Gasteiger partial charge is 0.260 e. The number of aldehydes is 1. The van der Waals surface area contributed by atoms with Gasteiger partial charge in [-0.05, 0) is 12.1 Å². The van der Waals surface area contributed by atoms with Crippen LogP contribution in [0.5, 0.6) is 0 Å². The molecule has 0 unspecified atom stereocenters. The molecule has 0 spiro atoms. The maximum absolute atomic E-state index is 10.3. The highest BCUT2D eigenvalue weighted by atomic mass is 16.4. The minimum absolute atomic E-state index is 0.00213. The minimum atomic E-state index is -0.00213. The van der Waals surface area contributed by atoms with Crippen molar-refractivity contribution < 1.29 is 9.21 Å². The third-order valence-electron chi connectivity index (χ3n) is 1.65. The zero-order valence-electron chi connectivity index (χ0n) is 6.52. The van der Waals surface area contributed by atoms with E-state index in [-0.39, 0.29) is 5.89 Å². The van der Waals surface area contributed by atoms with Crippen LogP contribution in [0.2, 0.25) is 0 Å². The van der Waals surface area contributed by atoms with Crippen LogP contribution < -0.4 is 0 Å². The van der Waals surface area contributed by atoms with Crippen LogP contribution >= 0.6 is 0 Å². The number of oxazole rings is 1. The fourth-order valence-electron chi connectivity index (χ4n) is 1.10. The number of carbonyl (C=O) groups is 1. The van der Waals surface area contributed by atoms with Crippen LogP contribution in [0.3, 0.4) is 0 Å². The predicted octanol–water partition coefficient (Wildman–Crippen LogP) is 1.51. The highest BCUT2D eigenvalue weighted by Gasteiger charge is 2.07. The van der Waals surface area contributed by atoms with E-state index in [1.54, 1.807) is 18.2 Å². The molecule has 0 aliphatic rings. The van der Waals surface area contributed by atoms with E-state index in [1.807, 2.05) is 6.07 Å². The van der Waals surface area contributed by atoms with Crippen LogP contribution in [-0.2, 0) is 0 Å². The van der Waals surface area contributed by atoms with E-state index in [9.17, 15) is 4.79 Å². The molecule has 0 atom stereocenters. The molecule has 1 aromatic carbocycles. The van der Waals surface area contributed by atoms with Crippen LogP contribution in [0.4, 0.5) is 0 Å². The predicted molar refractivity (Wildman–Crippen MR) is 44.1 cm³/mol. The summed E-state index contributed by atoms with van der Waals surface area (Å²) in [7, 11) is 0. The largest absolute Gasteiger partial charge is 0.432 e. The van der Waals surface area contributed by atoms with Crippen LogP contribution in [0, 0.1) is 11.3 Å². The fraction of sp³-hybridized carbons (Fsp3) is 0. The van der Waals surface area contributed by atoms with Gasteiger partial charge in [0.05, 0.1) is 5.56 Å². The Morgan fingerprint density at radius 3 is 3.08 bits per heavy atom. The molecule has 1 aromatic heterocycles. The average molecular weight is 172 g/mol. The molecule has 0 bridgehead atoms. The van der Waals surface area contributed by atoms with Crippen molar-refractivity contribution in [3.05, 3.63) is 29.7 Å². The molecular weight excluding hydrogens is 168 g/mol. The third kappa shape index (κ3) is 1.07. The van der Waals surface area contributed by atoms with Gasteiger partial charge >= 0.3 is 0 Å². The van der Waals surface area contributed by atoms with Gasteiger partial charge in [0, 0.05) is 0 Å². The van der Waals surface area contributed by atoms with Crippen molar-refractivity contribution in [3.63, 3.8) is 0 Å². The molecule has 62 valence electrons. The Labute approximate surface area is 73.4 Å². The molecule has 0 saturated carbocycles. The summed E-state index contributed by atoms with van der Waals surface area (Å²) in [5.41, 5.74) is 1.28. The van der Waals surface area contributed by atoms with Crippen molar-refractivity contribution in [2.75, 3.05) is 0 Å². The van der Waals surface area contributed by atoms with E-state index in [0.717, 1.165) is 0 Å². The monoisotopic (exact) mass is 172 g/mol. The van der Waals surface area contributed by atoms with Crippen molar-refractivity contribution >= 4 is 17.4 Å². The SMILES string of the molecule is N#Cc1cccc2nc(C=O)oc12. The summed E-state index contributed by atoms with van der Waals surface area (Å²) in [6.45, 7) is 0. The summed E-state index contributed by atoms with van der Waals surface area (Å²) in [6.07, 6.45) is 0.515. The topological polar surface area (TPSA) is 66.9 Å². The van der Waals surface area contributed by atoms with E-state index in [4.69, 9.17) is 9.68 Å².